The summed E-state index contributed by atoms with van der Waals surface area (Å²) in [5.74, 6) is 0.419. The number of hydrogen-bond acceptors (Lipinski definition) is 3. The maximum absolute atomic E-state index is 11.3. The highest BCUT2D eigenvalue weighted by Crippen LogP contribution is 1.98. The number of rotatable bonds is 5. The van der Waals surface area contributed by atoms with E-state index in [9.17, 15) is 9.59 Å². The molecule has 15 heavy (non-hydrogen) atoms. The van der Waals surface area contributed by atoms with Gasteiger partial charge in [-0.2, -0.15) is 12.6 Å². The van der Waals surface area contributed by atoms with Crippen LogP contribution in [0, 0.1) is 0 Å². The van der Waals surface area contributed by atoms with Gasteiger partial charge in [0, 0.05) is 24.9 Å². The molecule has 0 aliphatic heterocycles. The second-order valence-electron chi connectivity index (χ2n) is 4.37. The molecule has 0 fully saturated rings. The highest BCUT2D eigenvalue weighted by Gasteiger charge is 2.13. The molecule has 0 aliphatic rings. The van der Waals surface area contributed by atoms with Crippen molar-refractivity contribution < 1.29 is 9.59 Å². The van der Waals surface area contributed by atoms with Crippen molar-refractivity contribution in [2.45, 2.75) is 39.2 Å². The van der Waals surface area contributed by atoms with Crippen LogP contribution in [0.1, 0.15) is 33.6 Å². The molecule has 4 nitrogen and oxygen atoms in total. The van der Waals surface area contributed by atoms with Gasteiger partial charge in [-0.1, -0.05) is 0 Å². The first-order chi connectivity index (χ1) is 6.85. The second kappa shape index (κ2) is 6.71. The fourth-order valence-corrected chi connectivity index (χ4v) is 1.19. The van der Waals surface area contributed by atoms with Gasteiger partial charge in [-0.3, -0.25) is 9.59 Å². The van der Waals surface area contributed by atoms with Crippen LogP contribution in [-0.2, 0) is 9.59 Å². The van der Waals surface area contributed by atoms with Crippen molar-refractivity contribution in [1.82, 2.24) is 10.6 Å². The van der Waals surface area contributed by atoms with Crippen LogP contribution in [0.25, 0.3) is 0 Å². The van der Waals surface area contributed by atoms with Crippen LogP contribution < -0.4 is 10.6 Å². The summed E-state index contributed by atoms with van der Waals surface area (Å²) in [5, 5.41) is 5.47. The van der Waals surface area contributed by atoms with Crippen molar-refractivity contribution in [2.75, 3.05) is 12.3 Å². The molecule has 0 rings (SSSR count). The summed E-state index contributed by atoms with van der Waals surface area (Å²) >= 11 is 3.94. The highest BCUT2D eigenvalue weighted by atomic mass is 32.1. The van der Waals surface area contributed by atoms with Crippen LogP contribution in [0.5, 0.6) is 0 Å². The van der Waals surface area contributed by atoms with Crippen molar-refractivity contribution in [2.24, 2.45) is 0 Å². The summed E-state index contributed by atoms with van der Waals surface area (Å²) in [5.41, 5.74) is -0.216. The third-order valence-electron chi connectivity index (χ3n) is 1.53. The van der Waals surface area contributed by atoms with Crippen molar-refractivity contribution in [1.29, 1.82) is 0 Å². The lowest BCUT2D eigenvalue weighted by molar-refractivity contribution is -0.123. The Morgan fingerprint density at radius 2 is 1.73 bits per heavy atom. The van der Waals surface area contributed by atoms with Crippen LogP contribution in [0.2, 0.25) is 0 Å². The lowest BCUT2D eigenvalue weighted by Crippen LogP contribution is -2.42. The molecular formula is C10H20N2O2S. The van der Waals surface area contributed by atoms with Crippen LogP contribution in [0.4, 0.5) is 0 Å². The summed E-state index contributed by atoms with van der Waals surface area (Å²) in [6.07, 6.45) is 0.708. The van der Waals surface area contributed by atoms with Gasteiger partial charge < -0.3 is 10.6 Å². The van der Waals surface area contributed by atoms with Crippen molar-refractivity contribution >= 4 is 24.4 Å². The van der Waals surface area contributed by atoms with E-state index in [2.05, 4.69) is 23.3 Å². The van der Waals surface area contributed by atoms with E-state index in [4.69, 9.17) is 0 Å². The quantitative estimate of drug-likeness (QED) is 0.612. The van der Waals surface area contributed by atoms with E-state index in [0.717, 1.165) is 0 Å². The predicted molar refractivity (Wildman–Crippen MR) is 64.0 cm³/mol. The Hall–Kier alpha value is -0.710. The standard InChI is InChI=1S/C10H20N2O2S/c1-10(2,3)12-9(14)4-6-11-8(13)5-7-15/h15H,4-7H2,1-3H3,(H,11,13)(H,12,14). The monoisotopic (exact) mass is 232 g/mol. The molecule has 0 aromatic rings. The number of amides is 2. The third-order valence-corrected chi connectivity index (χ3v) is 1.75. The van der Waals surface area contributed by atoms with Gasteiger partial charge in [-0.25, -0.2) is 0 Å². The Morgan fingerprint density at radius 1 is 1.13 bits per heavy atom. The Bertz CT molecular complexity index is 224. The molecule has 0 spiro atoms. The largest absolute Gasteiger partial charge is 0.356 e. The molecule has 0 saturated carbocycles. The summed E-state index contributed by atoms with van der Waals surface area (Å²) in [6.45, 7) is 6.15. The fraction of sp³-hybridized carbons (Fsp3) is 0.800. The normalized spacial score (nSPS) is 10.9. The summed E-state index contributed by atoms with van der Waals surface area (Å²) in [6, 6.07) is 0. The minimum atomic E-state index is -0.216. The van der Waals surface area contributed by atoms with Gasteiger partial charge in [-0.05, 0) is 26.5 Å². The van der Waals surface area contributed by atoms with Gasteiger partial charge in [-0.15, -0.1) is 0 Å². The van der Waals surface area contributed by atoms with E-state index in [1.165, 1.54) is 0 Å². The molecule has 0 unspecified atom stereocenters. The van der Waals surface area contributed by atoms with E-state index in [1.807, 2.05) is 20.8 Å². The lowest BCUT2D eigenvalue weighted by Gasteiger charge is -2.20. The molecule has 0 saturated heterocycles. The molecule has 88 valence electrons. The zero-order valence-corrected chi connectivity index (χ0v) is 10.5. The Kier molecular flexibility index (Phi) is 6.40. The molecule has 0 bridgehead atoms. The van der Waals surface area contributed by atoms with Gasteiger partial charge in [0.15, 0.2) is 0 Å². The zero-order chi connectivity index (χ0) is 11.9. The first-order valence-electron chi connectivity index (χ1n) is 5.04. The Balaban J connectivity index is 3.60. The Morgan fingerprint density at radius 3 is 2.20 bits per heavy atom. The number of carbonyl (C=O) groups is 2. The second-order valence-corrected chi connectivity index (χ2v) is 4.82. The van der Waals surface area contributed by atoms with Crippen molar-refractivity contribution in [3.63, 3.8) is 0 Å². The van der Waals surface area contributed by atoms with Crippen LogP contribution in [0.15, 0.2) is 0 Å². The molecule has 2 N–H and O–H groups in total. The van der Waals surface area contributed by atoms with Crippen molar-refractivity contribution in [3.05, 3.63) is 0 Å². The van der Waals surface area contributed by atoms with E-state index in [-0.39, 0.29) is 17.4 Å². The number of carbonyl (C=O) groups excluding carboxylic acids is 2. The van der Waals surface area contributed by atoms with Crippen LogP contribution >= 0.6 is 12.6 Å². The molecular weight excluding hydrogens is 212 g/mol. The van der Waals surface area contributed by atoms with Crippen LogP contribution in [0.3, 0.4) is 0 Å². The third kappa shape index (κ3) is 9.59. The summed E-state index contributed by atoms with van der Waals surface area (Å²) < 4.78 is 0. The number of hydrogen-bond donors (Lipinski definition) is 3. The lowest BCUT2D eigenvalue weighted by atomic mass is 10.1. The molecule has 0 radical (unpaired) electrons. The van der Waals surface area contributed by atoms with E-state index in [1.54, 1.807) is 0 Å². The molecule has 0 aromatic carbocycles. The molecule has 5 heteroatoms. The van der Waals surface area contributed by atoms with Crippen LogP contribution in [-0.4, -0.2) is 29.7 Å². The smallest absolute Gasteiger partial charge is 0.222 e. The van der Waals surface area contributed by atoms with Gasteiger partial charge in [0.25, 0.3) is 0 Å². The average molecular weight is 232 g/mol. The molecule has 2 amide bonds. The topological polar surface area (TPSA) is 58.2 Å². The van der Waals surface area contributed by atoms with Gasteiger partial charge in [0.05, 0.1) is 0 Å². The molecule has 0 aliphatic carbocycles. The zero-order valence-electron chi connectivity index (χ0n) is 9.59. The fourth-order valence-electron chi connectivity index (χ4n) is 0.986. The number of nitrogens with one attached hydrogen (secondary N) is 2. The average Bonchev–Trinajstić information content (AvgIpc) is 2.00. The Labute approximate surface area is 96.6 Å². The van der Waals surface area contributed by atoms with E-state index >= 15 is 0 Å². The van der Waals surface area contributed by atoms with E-state index in [0.29, 0.717) is 25.1 Å². The predicted octanol–water partition coefficient (Wildman–Crippen LogP) is 0.727. The molecule has 0 aromatic heterocycles. The highest BCUT2D eigenvalue weighted by molar-refractivity contribution is 7.80. The van der Waals surface area contributed by atoms with Crippen molar-refractivity contribution in [3.8, 4) is 0 Å². The first kappa shape index (κ1) is 14.3. The molecule has 0 atom stereocenters. The SMILES string of the molecule is CC(C)(C)NC(=O)CCNC(=O)CCS. The number of thiol groups is 1. The molecule has 0 heterocycles. The maximum atomic E-state index is 11.3. The van der Waals surface area contributed by atoms with E-state index < -0.39 is 0 Å². The minimum Gasteiger partial charge on any atom is -0.356 e. The van der Waals surface area contributed by atoms with Gasteiger partial charge >= 0.3 is 0 Å². The summed E-state index contributed by atoms with van der Waals surface area (Å²) in [4.78, 5) is 22.3. The van der Waals surface area contributed by atoms with Gasteiger partial charge in [0.1, 0.15) is 0 Å². The first-order valence-corrected chi connectivity index (χ1v) is 5.67. The summed E-state index contributed by atoms with van der Waals surface area (Å²) in [7, 11) is 0. The van der Waals surface area contributed by atoms with Gasteiger partial charge in [0.2, 0.25) is 11.8 Å². The minimum absolute atomic E-state index is 0.0475. The maximum Gasteiger partial charge on any atom is 0.222 e.